The lowest BCUT2D eigenvalue weighted by molar-refractivity contribution is -0.140. The fourth-order valence-electron chi connectivity index (χ4n) is 5.26. The first-order chi connectivity index (χ1) is 23.9. The molecular formula is C37H41Cl2N3O7S. The van der Waals surface area contributed by atoms with Crippen molar-refractivity contribution in [3.8, 4) is 17.2 Å². The number of benzene rings is 4. The third kappa shape index (κ3) is 9.41. The molecule has 2 amide bonds. The lowest BCUT2D eigenvalue weighted by Gasteiger charge is -2.34. The van der Waals surface area contributed by atoms with Gasteiger partial charge in [0.05, 0.1) is 31.9 Å². The minimum atomic E-state index is -4.51. The number of ether oxygens (including phenoxy) is 3. The average molecular weight is 743 g/mol. The Morgan fingerprint density at radius 1 is 0.800 bits per heavy atom. The van der Waals surface area contributed by atoms with Crippen LogP contribution >= 0.6 is 23.2 Å². The maximum atomic E-state index is 14.8. The average Bonchev–Trinajstić information content (AvgIpc) is 3.11. The third-order valence-corrected chi connectivity index (χ3v) is 10.2. The maximum absolute atomic E-state index is 14.8. The van der Waals surface area contributed by atoms with Crippen LogP contribution in [0.15, 0.2) is 95.9 Å². The second-order valence-corrected chi connectivity index (χ2v) is 14.5. The van der Waals surface area contributed by atoms with E-state index >= 15 is 0 Å². The summed E-state index contributed by atoms with van der Waals surface area (Å²) in [6.45, 7) is 3.50. The molecule has 266 valence electrons. The summed E-state index contributed by atoms with van der Waals surface area (Å²) in [7, 11) is -0.305. The molecule has 4 rings (SSSR count). The lowest BCUT2D eigenvalue weighted by Crippen LogP contribution is -2.53. The van der Waals surface area contributed by atoms with Crippen molar-refractivity contribution >= 4 is 50.7 Å². The Labute approximate surface area is 303 Å². The number of hydrogen-bond acceptors (Lipinski definition) is 7. The maximum Gasteiger partial charge on any atom is 0.265 e. The van der Waals surface area contributed by atoms with Crippen molar-refractivity contribution in [2.24, 2.45) is 5.92 Å². The van der Waals surface area contributed by atoms with Crippen LogP contribution in [0.2, 0.25) is 10.0 Å². The summed E-state index contributed by atoms with van der Waals surface area (Å²) in [6, 6.07) is 23.8. The summed E-state index contributed by atoms with van der Waals surface area (Å²) in [6.07, 6.45) is 0.157. The molecule has 0 radical (unpaired) electrons. The Morgan fingerprint density at radius 3 is 2.08 bits per heavy atom. The van der Waals surface area contributed by atoms with E-state index < -0.39 is 34.4 Å². The molecule has 0 aromatic heterocycles. The van der Waals surface area contributed by atoms with Crippen LogP contribution in [0.5, 0.6) is 17.2 Å². The second kappa shape index (κ2) is 17.5. The highest BCUT2D eigenvalue weighted by molar-refractivity contribution is 7.92. The minimum Gasteiger partial charge on any atom is -0.495 e. The zero-order valence-corrected chi connectivity index (χ0v) is 30.9. The van der Waals surface area contributed by atoms with Crippen molar-refractivity contribution in [1.29, 1.82) is 0 Å². The highest BCUT2D eigenvalue weighted by atomic mass is 35.5. The third-order valence-electron chi connectivity index (χ3n) is 7.89. The zero-order chi connectivity index (χ0) is 36.4. The van der Waals surface area contributed by atoms with Gasteiger partial charge in [-0.15, -0.1) is 0 Å². The van der Waals surface area contributed by atoms with E-state index in [9.17, 15) is 18.0 Å². The molecule has 50 heavy (non-hydrogen) atoms. The Kier molecular flexibility index (Phi) is 13.4. The van der Waals surface area contributed by atoms with E-state index in [4.69, 9.17) is 37.4 Å². The van der Waals surface area contributed by atoms with Crippen LogP contribution < -0.4 is 23.8 Å². The Bertz CT molecular complexity index is 1890. The van der Waals surface area contributed by atoms with Gasteiger partial charge in [-0.25, -0.2) is 8.42 Å². The number of methoxy groups -OCH3 is 3. The summed E-state index contributed by atoms with van der Waals surface area (Å²) < 4.78 is 46.3. The van der Waals surface area contributed by atoms with Crippen LogP contribution in [-0.2, 0) is 32.6 Å². The summed E-state index contributed by atoms with van der Waals surface area (Å²) in [5, 5.41) is 3.57. The molecule has 1 unspecified atom stereocenters. The van der Waals surface area contributed by atoms with Crippen molar-refractivity contribution < 1.29 is 32.2 Å². The number of nitrogens with zero attached hydrogens (tertiary/aromatic N) is 2. The number of hydrogen-bond donors (Lipinski definition) is 1. The standard InChI is InChI=1S/C37H41Cl2N3O7S/c1-25(2)22-40-37(44)32(19-26-11-7-6-8-12-26)41(23-27-13-9-10-14-30(27)39)36(43)24-42(31-20-28(38)15-17-33(31)47-3)50(45,46)29-16-18-34(48-4)35(21-29)49-5/h6-18,20-21,25,32H,19,22-24H2,1-5H3,(H,40,44). The van der Waals surface area contributed by atoms with Gasteiger partial charge in [0.2, 0.25) is 11.8 Å². The number of carbonyl (C=O) groups excluding carboxylic acids is 2. The monoisotopic (exact) mass is 741 g/mol. The van der Waals surface area contributed by atoms with E-state index in [0.29, 0.717) is 22.9 Å². The van der Waals surface area contributed by atoms with Gasteiger partial charge in [0.1, 0.15) is 18.3 Å². The molecule has 4 aromatic carbocycles. The molecule has 1 N–H and O–H groups in total. The molecule has 0 heterocycles. The molecule has 0 aliphatic carbocycles. The van der Waals surface area contributed by atoms with Crippen molar-refractivity contribution in [2.45, 2.75) is 37.8 Å². The van der Waals surface area contributed by atoms with E-state index in [1.54, 1.807) is 30.3 Å². The molecule has 1 atom stereocenters. The summed E-state index contributed by atoms with van der Waals surface area (Å²) in [4.78, 5) is 30.0. The molecule has 0 bridgehead atoms. The SMILES string of the molecule is COc1ccc(S(=O)(=O)N(CC(=O)N(Cc2ccccc2Cl)C(Cc2ccccc2)C(=O)NCC(C)C)c2cc(Cl)ccc2OC)cc1OC. The Morgan fingerprint density at radius 2 is 1.44 bits per heavy atom. The van der Waals surface area contributed by atoms with Gasteiger partial charge in [-0.05, 0) is 53.4 Å². The van der Waals surface area contributed by atoms with E-state index in [2.05, 4.69) is 5.32 Å². The molecule has 0 spiro atoms. The zero-order valence-electron chi connectivity index (χ0n) is 28.6. The van der Waals surface area contributed by atoms with Gasteiger partial charge in [-0.3, -0.25) is 13.9 Å². The topological polar surface area (TPSA) is 114 Å². The van der Waals surface area contributed by atoms with Crippen molar-refractivity contribution in [2.75, 3.05) is 38.7 Å². The lowest BCUT2D eigenvalue weighted by atomic mass is 10.0. The van der Waals surface area contributed by atoms with E-state index in [-0.39, 0.29) is 46.0 Å². The quantitative estimate of drug-likeness (QED) is 0.137. The molecule has 10 nitrogen and oxygen atoms in total. The molecule has 4 aromatic rings. The summed E-state index contributed by atoms with van der Waals surface area (Å²) >= 11 is 13.0. The molecule has 13 heteroatoms. The minimum absolute atomic E-state index is 0.0182. The van der Waals surface area contributed by atoms with Crippen molar-refractivity contribution in [3.63, 3.8) is 0 Å². The smallest absolute Gasteiger partial charge is 0.265 e. The molecular weight excluding hydrogens is 701 g/mol. The van der Waals surface area contributed by atoms with E-state index in [0.717, 1.165) is 9.87 Å². The largest absolute Gasteiger partial charge is 0.495 e. The normalized spacial score (nSPS) is 11.8. The predicted molar refractivity (Wildman–Crippen MR) is 196 cm³/mol. The molecule has 0 aliphatic rings. The number of rotatable bonds is 16. The Balaban J connectivity index is 1.89. The number of sulfonamides is 1. The first-order valence-corrected chi connectivity index (χ1v) is 18.0. The van der Waals surface area contributed by atoms with E-state index in [1.807, 2.05) is 44.2 Å². The molecule has 0 fully saturated rings. The second-order valence-electron chi connectivity index (χ2n) is 11.8. The molecule has 0 saturated carbocycles. The molecule has 0 aliphatic heterocycles. The first kappa shape index (κ1) is 38.4. The predicted octanol–water partition coefficient (Wildman–Crippen LogP) is 6.63. The Hall–Kier alpha value is -4.45. The number of amides is 2. The first-order valence-electron chi connectivity index (χ1n) is 15.8. The number of nitrogens with one attached hydrogen (secondary N) is 1. The van der Waals surface area contributed by atoms with Gasteiger partial charge >= 0.3 is 0 Å². The van der Waals surface area contributed by atoms with Gasteiger partial charge in [0.15, 0.2) is 11.5 Å². The highest BCUT2D eigenvalue weighted by Crippen LogP contribution is 2.37. The number of anilines is 1. The van der Waals surface area contributed by atoms with Crippen LogP contribution in [0, 0.1) is 5.92 Å². The van der Waals surface area contributed by atoms with Gasteiger partial charge in [-0.2, -0.15) is 0 Å². The fourth-order valence-corrected chi connectivity index (χ4v) is 7.06. The van der Waals surface area contributed by atoms with Crippen molar-refractivity contribution in [1.82, 2.24) is 10.2 Å². The van der Waals surface area contributed by atoms with E-state index in [1.165, 1.54) is 56.6 Å². The van der Waals surface area contributed by atoms with Crippen LogP contribution in [0.1, 0.15) is 25.0 Å². The van der Waals surface area contributed by atoms with Crippen molar-refractivity contribution in [3.05, 3.63) is 112 Å². The van der Waals surface area contributed by atoms with Crippen LogP contribution in [-0.4, -0.2) is 65.6 Å². The van der Waals surface area contributed by atoms with Crippen LogP contribution in [0.3, 0.4) is 0 Å². The summed E-state index contributed by atoms with van der Waals surface area (Å²) in [5.74, 6) is -0.283. The van der Waals surface area contributed by atoms with Gasteiger partial charge in [0, 0.05) is 35.6 Å². The molecule has 0 saturated heterocycles. The van der Waals surface area contributed by atoms with Gasteiger partial charge < -0.3 is 24.4 Å². The fraction of sp³-hybridized carbons (Fsp3) is 0.297. The van der Waals surface area contributed by atoms with Crippen LogP contribution in [0.4, 0.5) is 5.69 Å². The summed E-state index contributed by atoms with van der Waals surface area (Å²) in [5.41, 5.74) is 1.40. The number of halogens is 2. The number of carbonyl (C=O) groups is 2. The van der Waals surface area contributed by atoms with Gasteiger partial charge in [0.25, 0.3) is 10.0 Å². The highest BCUT2D eigenvalue weighted by Gasteiger charge is 2.36. The van der Waals surface area contributed by atoms with Gasteiger partial charge in [-0.1, -0.05) is 85.6 Å². The van der Waals surface area contributed by atoms with Crippen LogP contribution in [0.25, 0.3) is 0 Å².